The maximum absolute atomic E-state index is 12.2. The van der Waals surface area contributed by atoms with E-state index in [0.29, 0.717) is 11.1 Å². The number of hydrogen-bond acceptors (Lipinski definition) is 5. The number of anilines is 1. The van der Waals surface area contributed by atoms with Gasteiger partial charge in [0.25, 0.3) is 0 Å². The molecule has 28 heavy (non-hydrogen) atoms. The van der Waals surface area contributed by atoms with E-state index < -0.39 is 22.1 Å². The van der Waals surface area contributed by atoms with Crippen LogP contribution in [0.4, 0.5) is 10.5 Å². The summed E-state index contributed by atoms with van der Waals surface area (Å²) in [7, 11) is -3.37. The average molecular weight is 404 g/mol. The molecule has 0 radical (unpaired) electrons. The van der Waals surface area contributed by atoms with Crippen molar-refractivity contribution < 1.29 is 27.9 Å². The Kier molecular flexibility index (Phi) is 5.66. The summed E-state index contributed by atoms with van der Waals surface area (Å²) in [5.41, 5.74) is 2.14. The molecule has 2 N–H and O–H groups in total. The molecule has 1 aliphatic heterocycles. The molecule has 0 aliphatic carbocycles. The standard InChI is InChI=1S/C19H20N2O6S/c1-28(25,26)21-10-9-15-14(11-21)7-8-16(18(22)23)17(15)20-19(24)27-12-13-5-3-2-4-6-13/h2-8H,9-12H2,1H3,(H,20,24)(H,22,23). The first-order valence-electron chi connectivity index (χ1n) is 8.56. The molecule has 3 rings (SSSR count). The van der Waals surface area contributed by atoms with Crippen molar-refractivity contribution in [3.63, 3.8) is 0 Å². The minimum absolute atomic E-state index is 0.0476. The second-order valence-electron chi connectivity index (χ2n) is 6.46. The monoisotopic (exact) mass is 404 g/mol. The minimum atomic E-state index is -3.37. The van der Waals surface area contributed by atoms with Crippen LogP contribution < -0.4 is 5.32 Å². The highest BCUT2D eigenvalue weighted by atomic mass is 32.2. The van der Waals surface area contributed by atoms with E-state index in [1.165, 1.54) is 10.4 Å². The van der Waals surface area contributed by atoms with Gasteiger partial charge >= 0.3 is 12.1 Å². The molecule has 2 aromatic carbocycles. The lowest BCUT2D eigenvalue weighted by Crippen LogP contribution is -2.36. The number of rotatable bonds is 5. The summed E-state index contributed by atoms with van der Waals surface area (Å²) >= 11 is 0. The van der Waals surface area contributed by atoms with E-state index in [2.05, 4.69) is 5.32 Å². The summed E-state index contributed by atoms with van der Waals surface area (Å²) in [5.74, 6) is -1.19. The smallest absolute Gasteiger partial charge is 0.411 e. The van der Waals surface area contributed by atoms with Gasteiger partial charge in [-0.3, -0.25) is 5.32 Å². The number of carbonyl (C=O) groups excluding carboxylic acids is 1. The van der Waals surface area contributed by atoms with Crippen molar-refractivity contribution in [3.8, 4) is 0 Å². The molecular formula is C19H20N2O6S. The molecule has 0 fully saturated rings. The van der Waals surface area contributed by atoms with Crippen LogP contribution in [0.15, 0.2) is 42.5 Å². The zero-order chi connectivity index (χ0) is 20.3. The van der Waals surface area contributed by atoms with Gasteiger partial charge in [0.15, 0.2) is 0 Å². The van der Waals surface area contributed by atoms with E-state index in [9.17, 15) is 23.1 Å². The zero-order valence-electron chi connectivity index (χ0n) is 15.2. The number of nitrogens with one attached hydrogen (secondary N) is 1. The molecule has 2 aromatic rings. The number of sulfonamides is 1. The quantitative estimate of drug-likeness (QED) is 0.791. The van der Waals surface area contributed by atoms with Crippen molar-refractivity contribution in [1.82, 2.24) is 4.31 Å². The van der Waals surface area contributed by atoms with Crippen molar-refractivity contribution in [3.05, 3.63) is 64.7 Å². The molecule has 1 aliphatic rings. The average Bonchev–Trinajstić information content (AvgIpc) is 2.66. The van der Waals surface area contributed by atoms with Crippen LogP contribution in [0, 0.1) is 0 Å². The number of carboxylic acid groups (broad SMARTS) is 1. The first-order chi connectivity index (χ1) is 13.3. The molecule has 0 spiro atoms. The highest BCUT2D eigenvalue weighted by Crippen LogP contribution is 2.31. The number of nitrogens with zero attached hydrogens (tertiary/aromatic N) is 1. The molecule has 0 saturated carbocycles. The van der Waals surface area contributed by atoms with Crippen molar-refractivity contribution >= 4 is 27.8 Å². The third-order valence-electron chi connectivity index (χ3n) is 4.51. The van der Waals surface area contributed by atoms with Gasteiger partial charge in [-0.15, -0.1) is 0 Å². The second kappa shape index (κ2) is 7.99. The summed E-state index contributed by atoms with van der Waals surface area (Å²) < 4.78 is 30.1. The van der Waals surface area contributed by atoms with Crippen LogP contribution in [-0.2, 0) is 34.3 Å². The number of carboxylic acids is 1. The second-order valence-corrected chi connectivity index (χ2v) is 8.45. The molecule has 8 nitrogen and oxygen atoms in total. The lowest BCUT2D eigenvalue weighted by Gasteiger charge is -2.28. The van der Waals surface area contributed by atoms with E-state index >= 15 is 0 Å². The Labute approximate surface area is 162 Å². The lowest BCUT2D eigenvalue weighted by atomic mass is 9.95. The normalized spacial score (nSPS) is 14.2. The maximum Gasteiger partial charge on any atom is 0.411 e. The van der Waals surface area contributed by atoms with Gasteiger partial charge in [-0.1, -0.05) is 36.4 Å². The molecule has 9 heteroatoms. The van der Waals surface area contributed by atoms with Crippen LogP contribution in [-0.4, -0.2) is 42.7 Å². The van der Waals surface area contributed by atoms with Crippen LogP contribution in [0.25, 0.3) is 0 Å². The largest absolute Gasteiger partial charge is 0.478 e. The number of hydrogen-bond donors (Lipinski definition) is 2. The molecule has 0 saturated heterocycles. The highest BCUT2D eigenvalue weighted by molar-refractivity contribution is 7.88. The molecular weight excluding hydrogens is 384 g/mol. The maximum atomic E-state index is 12.2. The number of benzene rings is 2. The zero-order valence-corrected chi connectivity index (χ0v) is 16.0. The third-order valence-corrected chi connectivity index (χ3v) is 5.76. The molecule has 0 atom stereocenters. The molecule has 148 valence electrons. The van der Waals surface area contributed by atoms with Gasteiger partial charge in [0.2, 0.25) is 10.0 Å². The fourth-order valence-corrected chi connectivity index (χ4v) is 3.89. The first kappa shape index (κ1) is 19.8. The molecule has 1 heterocycles. The molecule has 0 unspecified atom stereocenters. The highest BCUT2D eigenvalue weighted by Gasteiger charge is 2.28. The van der Waals surface area contributed by atoms with Crippen molar-refractivity contribution in [1.29, 1.82) is 0 Å². The fraction of sp³-hybridized carbons (Fsp3) is 0.263. The number of aromatic carboxylic acids is 1. The predicted molar refractivity (Wildman–Crippen MR) is 103 cm³/mol. The van der Waals surface area contributed by atoms with Crippen LogP contribution in [0.2, 0.25) is 0 Å². The van der Waals surface area contributed by atoms with Crippen molar-refractivity contribution in [2.24, 2.45) is 0 Å². The van der Waals surface area contributed by atoms with Crippen LogP contribution in [0.5, 0.6) is 0 Å². The van der Waals surface area contributed by atoms with Crippen molar-refractivity contribution in [2.75, 3.05) is 18.1 Å². The number of ether oxygens (including phenoxy) is 1. The fourth-order valence-electron chi connectivity index (χ4n) is 3.10. The number of fused-ring (bicyclic) bond motifs is 1. The minimum Gasteiger partial charge on any atom is -0.478 e. The summed E-state index contributed by atoms with van der Waals surface area (Å²) in [4.78, 5) is 23.8. The predicted octanol–water partition coefficient (Wildman–Crippen LogP) is 2.45. The third kappa shape index (κ3) is 4.49. The Morgan fingerprint density at radius 1 is 1.18 bits per heavy atom. The molecule has 0 bridgehead atoms. The number of carbonyl (C=O) groups is 2. The lowest BCUT2D eigenvalue weighted by molar-refractivity contribution is 0.0697. The SMILES string of the molecule is CS(=O)(=O)N1CCc2c(ccc(C(=O)O)c2NC(=O)OCc2ccccc2)C1. The summed E-state index contributed by atoms with van der Waals surface area (Å²) in [6.07, 6.45) is 0.645. The van der Waals surface area contributed by atoms with Gasteiger partial charge in [-0.25, -0.2) is 18.0 Å². The Morgan fingerprint density at radius 2 is 1.89 bits per heavy atom. The van der Waals surface area contributed by atoms with Gasteiger partial charge in [0.1, 0.15) is 6.61 Å². The molecule has 1 amide bonds. The van der Waals surface area contributed by atoms with Gasteiger partial charge in [-0.05, 0) is 29.2 Å². The van der Waals surface area contributed by atoms with E-state index in [1.54, 1.807) is 18.2 Å². The van der Waals surface area contributed by atoms with Crippen molar-refractivity contribution in [2.45, 2.75) is 19.6 Å². The van der Waals surface area contributed by atoms with E-state index in [1.807, 2.05) is 18.2 Å². The van der Waals surface area contributed by atoms with Gasteiger partial charge in [0.05, 0.1) is 17.5 Å². The van der Waals surface area contributed by atoms with Crippen LogP contribution in [0.3, 0.4) is 0 Å². The Bertz CT molecular complexity index is 1000. The van der Waals surface area contributed by atoms with E-state index in [-0.39, 0.29) is 37.4 Å². The summed E-state index contributed by atoms with van der Waals surface area (Å²) in [6.45, 7) is 0.385. The summed E-state index contributed by atoms with van der Waals surface area (Å²) in [6, 6.07) is 12.0. The number of amides is 1. The molecule has 0 aromatic heterocycles. The van der Waals surface area contributed by atoms with E-state index in [4.69, 9.17) is 4.74 Å². The first-order valence-corrected chi connectivity index (χ1v) is 10.4. The Balaban J connectivity index is 1.83. The van der Waals surface area contributed by atoms with Gasteiger partial charge in [-0.2, -0.15) is 4.31 Å². The van der Waals surface area contributed by atoms with Gasteiger partial charge in [0, 0.05) is 13.1 Å². The topological polar surface area (TPSA) is 113 Å². The van der Waals surface area contributed by atoms with Gasteiger partial charge < -0.3 is 9.84 Å². The van der Waals surface area contributed by atoms with Crippen LogP contribution >= 0.6 is 0 Å². The Hall–Kier alpha value is -2.91. The Morgan fingerprint density at radius 3 is 2.54 bits per heavy atom. The van der Waals surface area contributed by atoms with E-state index in [0.717, 1.165) is 11.8 Å². The summed E-state index contributed by atoms with van der Waals surface area (Å²) in [5, 5.41) is 12.0. The van der Waals surface area contributed by atoms with Crippen LogP contribution in [0.1, 0.15) is 27.0 Å².